The van der Waals surface area contributed by atoms with E-state index in [1.807, 2.05) is 0 Å². The lowest BCUT2D eigenvalue weighted by Crippen LogP contribution is -2.23. The van der Waals surface area contributed by atoms with Gasteiger partial charge in [-0.25, -0.2) is 0 Å². The third kappa shape index (κ3) is 2.09. The number of halogens is 2. The largest absolute Gasteiger partial charge is 0.266 e. The quantitative estimate of drug-likeness (QED) is 0.517. The van der Waals surface area contributed by atoms with E-state index in [1.165, 1.54) is 27.4 Å². The molecule has 3 heteroatoms. The molecular formula is C10H14Cl2Si. The highest BCUT2D eigenvalue weighted by Gasteiger charge is 2.13. The Balaban J connectivity index is 3.41. The van der Waals surface area contributed by atoms with Gasteiger partial charge in [0.05, 0.1) is 0 Å². The average molecular weight is 233 g/mol. The monoisotopic (exact) mass is 232 g/mol. The van der Waals surface area contributed by atoms with Crippen LogP contribution in [0.3, 0.4) is 0 Å². The molecule has 1 rings (SSSR count). The number of aryl methyl sites for hydroxylation is 1. The molecule has 0 heterocycles. The van der Waals surface area contributed by atoms with E-state index in [0.717, 1.165) is 0 Å². The molecule has 0 bridgehead atoms. The van der Waals surface area contributed by atoms with Gasteiger partial charge in [-0.2, -0.15) is 0 Å². The summed E-state index contributed by atoms with van der Waals surface area (Å²) in [6.07, 6.45) is 0. The molecule has 0 aliphatic heterocycles. The lowest BCUT2D eigenvalue weighted by Gasteiger charge is -2.13. The number of rotatable bonds is 1. The van der Waals surface area contributed by atoms with Crippen LogP contribution in [0.2, 0.25) is 0 Å². The second-order valence-corrected chi connectivity index (χ2v) is 7.97. The molecule has 0 unspecified atom stereocenters. The summed E-state index contributed by atoms with van der Waals surface area (Å²) in [6, 6.07) is 2.13. The standard InChI is InChI=1S/C10H14Cl2Si/c1-6-5-10(13(11)12)9(4)8(3)7(6)2/h5,13H,1-4H3. The molecule has 0 aromatic heterocycles. The van der Waals surface area contributed by atoms with Gasteiger partial charge < -0.3 is 0 Å². The number of hydrogen-bond acceptors (Lipinski definition) is 0. The summed E-state index contributed by atoms with van der Waals surface area (Å²) >= 11 is 12.0. The molecule has 72 valence electrons. The van der Waals surface area contributed by atoms with Crippen LogP contribution in [0.4, 0.5) is 0 Å². The maximum atomic E-state index is 6.01. The fourth-order valence-corrected chi connectivity index (χ4v) is 3.75. The van der Waals surface area contributed by atoms with Crippen LogP contribution in [0.25, 0.3) is 0 Å². The van der Waals surface area contributed by atoms with E-state index in [0.29, 0.717) is 0 Å². The van der Waals surface area contributed by atoms with Crippen LogP contribution in [0.15, 0.2) is 6.07 Å². The minimum atomic E-state index is -1.70. The van der Waals surface area contributed by atoms with Crippen LogP contribution in [0, 0.1) is 27.7 Å². The number of benzene rings is 1. The summed E-state index contributed by atoms with van der Waals surface area (Å²) in [5, 5.41) is 1.17. The zero-order valence-corrected chi connectivity index (χ0v) is 11.1. The van der Waals surface area contributed by atoms with Crippen LogP contribution >= 0.6 is 22.2 Å². The summed E-state index contributed by atoms with van der Waals surface area (Å²) in [4.78, 5) is 0. The average Bonchev–Trinajstić information content (AvgIpc) is 2.07. The van der Waals surface area contributed by atoms with Gasteiger partial charge in [0.15, 0.2) is 0 Å². The predicted octanol–water partition coefficient (Wildman–Crippen LogP) is 2.83. The van der Waals surface area contributed by atoms with E-state index >= 15 is 0 Å². The summed E-state index contributed by atoms with van der Waals surface area (Å²) < 4.78 is 0. The van der Waals surface area contributed by atoms with Crippen molar-refractivity contribution in [2.24, 2.45) is 0 Å². The lowest BCUT2D eigenvalue weighted by molar-refractivity contribution is 1.23. The maximum Gasteiger partial charge on any atom is 0.266 e. The van der Waals surface area contributed by atoms with Crippen molar-refractivity contribution in [3.05, 3.63) is 28.3 Å². The first-order chi connectivity index (χ1) is 5.95. The second-order valence-electron chi connectivity index (χ2n) is 3.46. The molecule has 0 saturated carbocycles. The highest BCUT2D eigenvalue weighted by Crippen LogP contribution is 2.16. The van der Waals surface area contributed by atoms with E-state index in [1.54, 1.807) is 0 Å². The fraction of sp³-hybridized carbons (Fsp3) is 0.400. The van der Waals surface area contributed by atoms with E-state index in [9.17, 15) is 0 Å². The topological polar surface area (TPSA) is 0 Å². The molecule has 0 nitrogen and oxygen atoms in total. The minimum absolute atomic E-state index is 1.17. The predicted molar refractivity (Wildman–Crippen MR) is 63.9 cm³/mol. The zero-order valence-electron chi connectivity index (χ0n) is 8.41. The van der Waals surface area contributed by atoms with Gasteiger partial charge in [0.2, 0.25) is 0 Å². The summed E-state index contributed by atoms with van der Waals surface area (Å²) in [5.41, 5.74) is 5.24. The van der Waals surface area contributed by atoms with E-state index in [-0.39, 0.29) is 0 Å². The van der Waals surface area contributed by atoms with Gasteiger partial charge in [-0.15, -0.1) is 22.2 Å². The van der Waals surface area contributed by atoms with Gasteiger partial charge in [0.1, 0.15) is 0 Å². The lowest BCUT2D eigenvalue weighted by atomic mass is 10.00. The fourth-order valence-electron chi connectivity index (χ4n) is 1.47. The van der Waals surface area contributed by atoms with Crippen LogP contribution in [-0.2, 0) is 0 Å². The van der Waals surface area contributed by atoms with Gasteiger partial charge in [-0.1, -0.05) is 6.07 Å². The molecular weight excluding hydrogens is 219 g/mol. The first-order valence-electron chi connectivity index (χ1n) is 4.30. The van der Waals surface area contributed by atoms with E-state index in [4.69, 9.17) is 22.2 Å². The SMILES string of the molecule is Cc1cc([SiH](Cl)Cl)c(C)c(C)c1C. The molecule has 1 aromatic rings. The first-order valence-corrected chi connectivity index (χ1v) is 8.37. The van der Waals surface area contributed by atoms with Crippen molar-refractivity contribution in [3.63, 3.8) is 0 Å². The number of hydrogen-bond donors (Lipinski definition) is 0. The highest BCUT2D eigenvalue weighted by molar-refractivity contribution is 7.39. The van der Waals surface area contributed by atoms with Gasteiger partial charge in [-0.05, 0) is 55.1 Å². The van der Waals surface area contributed by atoms with E-state index < -0.39 is 7.42 Å². The normalized spacial score (nSPS) is 11.0. The highest BCUT2D eigenvalue weighted by atomic mass is 35.7. The molecule has 0 atom stereocenters. The summed E-state index contributed by atoms with van der Waals surface area (Å²) in [5.74, 6) is 0. The van der Waals surface area contributed by atoms with Crippen molar-refractivity contribution in [2.45, 2.75) is 27.7 Å². The molecule has 0 fully saturated rings. The Morgan fingerprint density at radius 3 is 1.92 bits per heavy atom. The van der Waals surface area contributed by atoms with Crippen LogP contribution in [0.1, 0.15) is 22.3 Å². The van der Waals surface area contributed by atoms with Gasteiger partial charge >= 0.3 is 0 Å². The Morgan fingerprint density at radius 1 is 0.923 bits per heavy atom. The molecule has 1 aromatic carbocycles. The van der Waals surface area contributed by atoms with Crippen molar-refractivity contribution >= 4 is 34.8 Å². The minimum Gasteiger partial charge on any atom is -0.144 e. The molecule has 0 amide bonds. The molecule has 0 spiro atoms. The van der Waals surface area contributed by atoms with E-state index in [2.05, 4.69) is 33.8 Å². The Hall–Kier alpha value is 0.0169. The Bertz CT molecular complexity index is 332. The van der Waals surface area contributed by atoms with Gasteiger partial charge in [0, 0.05) is 0 Å². The second kappa shape index (κ2) is 4.03. The van der Waals surface area contributed by atoms with Crippen LogP contribution in [-0.4, -0.2) is 7.42 Å². The van der Waals surface area contributed by atoms with Crippen LogP contribution in [0.5, 0.6) is 0 Å². The van der Waals surface area contributed by atoms with Crippen molar-refractivity contribution < 1.29 is 0 Å². The van der Waals surface area contributed by atoms with Crippen molar-refractivity contribution in [2.75, 3.05) is 0 Å². The Labute approximate surface area is 90.9 Å². The summed E-state index contributed by atoms with van der Waals surface area (Å²) in [6.45, 7) is 8.48. The van der Waals surface area contributed by atoms with Crippen molar-refractivity contribution in [1.82, 2.24) is 0 Å². The third-order valence-corrected chi connectivity index (χ3v) is 5.24. The summed E-state index contributed by atoms with van der Waals surface area (Å²) in [7, 11) is -1.70. The first kappa shape index (κ1) is 11.1. The van der Waals surface area contributed by atoms with Gasteiger partial charge in [0.25, 0.3) is 7.42 Å². The smallest absolute Gasteiger partial charge is 0.144 e. The Morgan fingerprint density at radius 2 is 1.46 bits per heavy atom. The molecule has 13 heavy (non-hydrogen) atoms. The van der Waals surface area contributed by atoms with Crippen molar-refractivity contribution in [3.8, 4) is 0 Å². The molecule has 0 saturated heterocycles. The molecule has 0 N–H and O–H groups in total. The maximum absolute atomic E-state index is 6.01. The third-order valence-electron chi connectivity index (χ3n) is 2.76. The zero-order chi connectivity index (χ0) is 10.2. The molecule has 0 aliphatic carbocycles. The van der Waals surface area contributed by atoms with Crippen molar-refractivity contribution in [1.29, 1.82) is 0 Å². The molecule has 0 aliphatic rings. The van der Waals surface area contributed by atoms with Gasteiger partial charge in [-0.3, -0.25) is 0 Å². The van der Waals surface area contributed by atoms with Crippen LogP contribution < -0.4 is 5.19 Å². The Kier molecular flexibility index (Phi) is 3.44. The molecule has 0 radical (unpaired) electrons.